The van der Waals surface area contributed by atoms with Crippen LogP contribution in [0.1, 0.15) is 29.9 Å². The van der Waals surface area contributed by atoms with Crippen LogP contribution < -0.4 is 14.4 Å². The zero-order valence-corrected chi connectivity index (χ0v) is 17.8. The minimum absolute atomic E-state index is 0.0204. The lowest BCUT2D eigenvalue weighted by atomic mass is 10.2. The Morgan fingerprint density at radius 2 is 1.77 bits per heavy atom. The highest BCUT2D eigenvalue weighted by Gasteiger charge is 2.22. The maximum absolute atomic E-state index is 12.5. The number of thiazole rings is 1. The van der Waals surface area contributed by atoms with Crippen LogP contribution in [-0.4, -0.2) is 30.6 Å². The van der Waals surface area contributed by atoms with Gasteiger partial charge >= 0.3 is 5.97 Å². The normalized spacial score (nSPS) is 10.4. The number of carbonyl (C=O) groups excluding carboxylic acids is 2. The zero-order chi connectivity index (χ0) is 21.5. The molecule has 3 aromatic rings. The first kappa shape index (κ1) is 21.3. The summed E-state index contributed by atoms with van der Waals surface area (Å²) in [6.07, 6.45) is 0. The summed E-state index contributed by atoms with van der Waals surface area (Å²) in [6.45, 7) is 3.73. The summed E-state index contributed by atoms with van der Waals surface area (Å²) in [5.41, 5.74) is 1.49. The maximum Gasteiger partial charge on any atom is 0.342 e. The Kier molecular flexibility index (Phi) is 7.03. The predicted octanol–water partition coefficient (Wildman–Crippen LogP) is 4.59. The van der Waals surface area contributed by atoms with Gasteiger partial charge in [-0.1, -0.05) is 24.3 Å². The molecule has 0 saturated heterocycles. The van der Waals surface area contributed by atoms with Crippen LogP contribution >= 0.6 is 11.3 Å². The van der Waals surface area contributed by atoms with Gasteiger partial charge in [-0.2, -0.15) is 0 Å². The summed E-state index contributed by atoms with van der Waals surface area (Å²) >= 11 is 1.28. The van der Waals surface area contributed by atoms with Crippen molar-refractivity contribution < 1.29 is 23.8 Å². The van der Waals surface area contributed by atoms with Gasteiger partial charge in [0.2, 0.25) is 5.91 Å². The average Bonchev–Trinajstić information content (AvgIpc) is 3.21. The number of anilines is 2. The monoisotopic (exact) mass is 426 g/mol. The molecule has 3 rings (SSSR count). The van der Waals surface area contributed by atoms with Crippen molar-refractivity contribution in [3.63, 3.8) is 0 Å². The smallest absolute Gasteiger partial charge is 0.342 e. The van der Waals surface area contributed by atoms with Crippen LogP contribution in [0.4, 0.5) is 10.8 Å². The molecule has 2 aromatic carbocycles. The van der Waals surface area contributed by atoms with Crippen molar-refractivity contribution in [1.29, 1.82) is 0 Å². The minimum atomic E-state index is -0.498. The van der Waals surface area contributed by atoms with E-state index in [1.807, 2.05) is 19.1 Å². The highest BCUT2D eigenvalue weighted by Crippen LogP contribution is 2.35. The van der Waals surface area contributed by atoms with Gasteiger partial charge in [-0.25, -0.2) is 9.78 Å². The van der Waals surface area contributed by atoms with Crippen molar-refractivity contribution in [2.75, 3.05) is 18.6 Å². The standard InChI is InChI=1S/C22H22N2O5S/c1-4-28-19-11-7-5-9-17(19)21(26)29-13-16-14-30-22(23-16)24(15(2)25)18-10-6-8-12-20(18)27-3/h5-12,14H,4,13H2,1-3H3. The van der Waals surface area contributed by atoms with Gasteiger partial charge in [0, 0.05) is 12.3 Å². The molecule has 0 fully saturated rings. The third kappa shape index (κ3) is 4.77. The van der Waals surface area contributed by atoms with Crippen molar-refractivity contribution in [2.45, 2.75) is 20.5 Å². The second kappa shape index (κ2) is 9.89. The molecule has 0 unspecified atom stereocenters. The van der Waals surface area contributed by atoms with E-state index < -0.39 is 5.97 Å². The summed E-state index contributed by atoms with van der Waals surface area (Å²) in [5.74, 6) is 0.330. The van der Waals surface area contributed by atoms with Crippen LogP contribution in [0, 0.1) is 0 Å². The van der Waals surface area contributed by atoms with Crippen LogP contribution in [0.5, 0.6) is 11.5 Å². The first-order valence-electron chi connectivity index (χ1n) is 9.32. The number of ether oxygens (including phenoxy) is 3. The largest absolute Gasteiger partial charge is 0.495 e. The van der Waals surface area contributed by atoms with Crippen molar-refractivity contribution in [3.8, 4) is 11.5 Å². The molecule has 0 aliphatic heterocycles. The highest BCUT2D eigenvalue weighted by molar-refractivity contribution is 7.14. The Hall–Kier alpha value is -3.39. The number of nitrogens with zero attached hydrogens (tertiary/aromatic N) is 2. The molecule has 0 atom stereocenters. The van der Waals surface area contributed by atoms with Crippen molar-refractivity contribution in [1.82, 2.24) is 4.98 Å². The molecule has 0 bridgehead atoms. The molecule has 8 heteroatoms. The molecular formula is C22H22N2O5S. The molecule has 1 aromatic heterocycles. The Morgan fingerprint density at radius 3 is 2.47 bits per heavy atom. The summed E-state index contributed by atoms with van der Waals surface area (Å²) in [6, 6.07) is 14.1. The first-order chi connectivity index (χ1) is 14.5. The van der Waals surface area contributed by atoms with Gasteiger partial charge in [-0.15, -0.1) is 11.3 Å². The van der Waals surface area contributed by atoms with Crippen LogP contribution in [0.2, 0.25) is 0 Å². The number of carbonyl (C=O) groups is 2. The molecule has 1 heterocycles. The van der Waals surface area contributed by atoms with E-state index in [1.54, 1.807) is 48.9 Å². The van der Waals surface area contributed by atoms with Gasteiger partial charge in [0.15, 0.2) is 5.13 Å². The zero-order valence-electron chi connectivity index (χ0n) is 17.0. The molecule has 30 heavy (non-hydrogen) atoms. The Balaban J connectivity index is 1.76. The minimum Gasteiger partial charge on any atom is -0.495 e. The van der Waals surface area contributed by atoms with E-state index in [-0.39, 0.29) is 12.5 Å². The van der Waals surface area contributed by atoms with E-state index in [2.05, 4.69) is 4.98 Å². The van der Waals surface area contributed by atoms with E-state index in [9.17, 15) is 9.59 Å². The molecule has 0 aliphatic rings. The molecule has 0 spiro atoms. The molecule has 0 saturated carbocycles. The second-order valence-corrected chi connectivity index (χ2v) is 6.99. The number of esters is 1. The number of amides is 1. The predicted molar refractivity (Wildman–Crippen MR) is 115 cm³/mol. The fraction of sp³-hybridized carbons (Fsp3) is 0.227. The van der Waals surface area contributed by atoms with Crippen LogP contribution in [0.25, 0.3) is 0 Å². The Morgan fingerprint density at radius 1 is 1.07 bits per heavy atom. The third-order valence-electron chi connectivity index (χ3n) is 4.13. The number of hydrogen-bond acceptors (Lipinski definition) is 7. The molecule has 0 N–H and O–H groups in total. The lowest BCUT2D eigenvalue weighted by molar-refractivity contribution is -0.115. The number of rotatable bonds is 8. The molecule has 7 nitrogen and oxygen atoms in total. The molecule has 0 radical (unpaired) electrons. The van der Waals surface area contributed by atoms with Crippen LogP contribution in [0.3, 0.4) is 0 Å². The van der Waals surface area contributed by atoms with Crippen molar-refractivity contribution >= 4 is 34.0 Å². The van der Waals surface area contributed by atoms with Crippen LogP contribution in [0.15, 0.2) is 53.9 Å². The molecule has 0 aliphatic carbocycles. The number of hydrogen-bond donors (Lipinski definition) is 0. The highest BCUT2D eigenvalue weighted by atomic mass is 32.1. The Bertz CT molecular complexity index is 1030. The fourth-order valence-corrected chi connectivity index (χ4v) is 3.69. The maximum atomic E-state index is 12.5. The van der Waals surface area contributed by atoms with Gasteiger partial charge in [0.1, 0.15) is 23.7 Å². The van der Waals surface area contributed by atoms with Gasteiger partial charge in [0.25, 0.3) is 0 Å². The second-order valence-electron chi connectivity index (χ2n) is 6.15. The number of aromatic nitrogens is 1. The molecule has 1 amide bonds. The van der Waals surface area contributed by atoms with Crippen molar-refractivity contribution in [2.24, 2.45) is 0 Å². The van der Waals surface area contributed by atoms with E-state index in [1.165, 1.54) is 23.2 Å². The third-order valence-corrected chi connectivity index (χ3v) is 5.00. The average molecular weight is 426 g/mol. The lowest BCUT2D eigenvalue weighted by Gasteiger charge is -2.20. The number of para-hydroxylation sites is 3. The first-order valence-corrected chi connectivity index (χ1v) is 10.2. The van der Waals surface area contributed by atoms with E-state index >= 15 is 0 Å². The lowest BCUT2D eigenvalue weighted by Crippen LogP contribution is -2.23. The fourth-order valence-electron chi connectivity index (χ4n) is 2.82. The Labute approximate surface area is 178 Å². The number of benzene rings is 2. The van der Waals surface area contributed by atoms with Crippen LogP contribution in [-0.2, 0) is 16.1 Å². The summed E-state index contributed by atoms with van der Waals surface area (Å²) in [7, 11) is 1.55. The summed E-state index contributed by atoms with van der Waals surface area (Å²) in [5, 5.41) is 2.22. The van der Waals surface area contributed by atoms with Gasteiger partial charge in [-0.3, -0.25) is 9.69 Å². The number of methoxy groups -OCH3 is 1. The van der Waals surface area contributed by atoms with Gasteiger partial charge in [-0.05, 0) is 31.2 Å². The molecule has 156 valence electrons. The van der Waals surface area contributed by atoms with Gasteiger partial charge < -0.3 is 14.2 Å². The quantitative estimate of drug-likeness (QED) is 0.490. The summed E-state index contributed by atoms with van der Waals surface area (Å²) < 4.78 is 16.2. The topological polar surface area (TPSA) is 78.0 Å². The van der Waals surface area contributed by atoms with Crippen molar-refractivity contribution in [3.05, 3.63) is 65.2 Å². The SMILES string of the molecule is CCOc1ccccc1C(=O)OCc1csc(N(C(C)=O)c2ccccc2OC)n1. The van der Waals surface area contributed by atoms with E-state index in [0.29, 0.717) is 40.2 Å². The summed E-state index contributed by atoms with van der Waals surface area (Å²) in [4.78, 5) is 30.7. The van der Waals surface area contributed by atoms with E-state index in [0.717, 1.165) is 0 Å². The van der Waals surface area contributed by atoms with Gasteiger partial charge in [0.05, 0.1) is 25.1 Å². The molecular weight excluding hydrogens is 404 g/mol. The van der Waals surface area contributed by atoms with E-state index in [4.69, 9.17) is 14.2 Å².